The number of likely N-dealkylation sites (tertiary alicyclic amines) is 2. The fourth-order valence-corrected chi connectivity index (χ4v) is 12.0. The summed E-state index contributed by atoms with van der Waals surface area (Å²) in [5.41, 5.74) is -14.4. The van der Waals surface area contributed by atoms with E-state index in [2.05, 4.69) is 0 Å². The molecule has 0 radical (unpaired) electrons. The Kier molecular flexibility index (Phi) is 11.8. The van der Waals surface area contributed by atoms with Crippen molar-refractivity contribution >= 4 is 25.7 Å². The molecule has 2 heterocycles. The Morgan fingerprint density at radius 3 is 1.05 bits per heavy atom. The molecule has 2 unspecified atom stereocenters. The minimum Gasteiger partial charge on any atom is -0.323 e. The fraction of sp³-hybridized carbons (Fsp3) is 0.359. The van der Waals surface area contributed by atoms with Crippen LogP contribution in [0, 0.1) is 11.6 Å². The van der Waals surface area contributed by atoms with Gasteiger partial charge in [0.05, 0.1) is 9.79 Å². The number of hydrogen-bond donors (Lipinski definition) is 0. The molecule has 23 heteroatoms. The van der Waals surface area contributed by atoms with Gasteiger partial charge in [0.25, 0.3) is 24.2 Å². The van der Waals surface area contributed by atoms with E-state index < -0.39 is 154 Å². The van der Waals surface area contributed by atoms with E-state index in [9.17, 15) is 83.1 Å². The highest BCUT2D eigenvalue weighted by molar-refractivity contribution is 7.92. The second-order valence-electron chi connectivity index (χ2n) is 14.7. The lowest BCUT2D eigenvalue weighted by atomic mass is 9.90. The van der Waals surface area contributed by atoms with Gasteiger partial charge in [-0.1, -0.05) is 48.5 Å². The molecule has 0 bridgehead atoms. The number of halogens is 14. The Labute approximate surface area is 343 Å². The molecule has 2 aliphatic heterocycles. The lowest BCUT2D eigenvalue weighted by Crippen LogP contribution is -2.47. The minimum absolute atomic E-state index is 0.296. The molecule has 0 aromatic heterocycles. The van der Waals surface area contributed by atoms with Crippen LogP contribution in [0.25, 0.3) is 0 Å². The van der Waals surface area contributed by atoms with Crippen molar-refractivity contribution in [1.82, 2.24) is 9.80 Å². The maximum Gasteiger partial charge on any atom is 0.432 e. The van der Waals surface area contributed by atoms with Gasteiger partial charge in [-0.15, -0.1) is 0 Å². The molecule has 336 valence electrons. The molecule has 4 atom stereocenters. The summed E-state index contributed by atoms with van der Waals surface area (Å²) in [5, 5.41) is 0. The Bertz CT molecular complexity index is 2350. The van der Waals surface area contributed by atoms with Crippen LogP contribution in [0.2, 0.25) is 0 Å². The molecule has 0 N–H and O–H groups in total. The highest BCUT2D eigenvalue weighted by Crippen LogP contribution is 2.51. The topological polar surface area (TPSA) is 91.8 Å². The predicted octanol–water partition coefficient (Wildman–Crippen LogP) is 9.52. The molecule has 4 aromatic carbocycles. The van der Waals surface area contributed by atoms with Crippen molar-refractivity contribution in [2.45, 2.75) is 68.7 Å². The molecular formula is C39H30F14N2O5S2. The smallest absolute Gasteiger partial charge is 0.323 e. The zero-order chi connectivity index (χ0) is 46.1. The number of sulfone groups is 2. The van der Waals surface area contributed by atoms with Gasteiger partial charge in [-0.2, -0.15) is 26.3 Å². The Hall–Kier alpha value is -4.93. The standard InChI is InChI=1S/C39H30F14N2O5S2/c40-27-9-13-29(14-10-27)61(57,58)34(23-1-5-25(6-2-23)36(46,31(42)43)38(48,49)50)17-19-54(21-34)33(56)55-20-18-35(22-55,62(59,60)30-15-11-28(41)12-16-30)24-3-7-26(8-4-24)37(47,32(44)45)39(51,52)53/h1-16,31-32H,17-22H2/t34-,35-,36?,37?/m0/s1. The number of hydrogen-bond acceptors (Lipinski definition) is 5. The molecular weight excluding hydrogens is 907 g/mol. The Morgan fingerprint density at radius 1 is 0.500 bits per heavy atom. The van der Waals surface area contributed by atoms with Crippen LogP contribution in [-0.4, -0.2) is 84.0 Å². The van der Waals surface area contributed by atoms with Crippen molar-refractivity contribution < 1.29 is 83.1 Å². The van der Waals surface area contributed by atoms with E-state index in [1.54, 1.807) is 0 Å². The third-order valence-electron chi connectivity index (χ3n) is 11.4. The van der Waals surface area contributed by atoms with Crippen LogP contribution in [0.3, 0.4) is 0 Å². The molecule has 2 saturated heterocycles. The van der Waals surface area contributed by atoms with Crippen LogP contribution >= 0.6 is 0 Å². The van der Waals surface area contributed by atoms with Crippen molar-refractivity contribution in [2.24, 2.45) is 0 Å². The number of carbonyl (C=O) groups excluding carboxylic acids is 1. The van der Waals surface area contributed by atoms with Crippen molar-refractivity contribution in [2.75, 3.05) is 26.2 Å². The van der Waals surface area contributed by atoms with E-state index in [4.69, 9.17) is 0 Å². The molecule has 2 fully saturated rings. The lowest BCUT2D eigenvalue weighted by molar-refractivity contribution is -0.274. The first-order valence-corrected chi connectivity index (χ1v) is 20.9. The van der Waals surface area contributed by atoms with Crippen molar-refractivity contribution in [3.05, 3.63) is 131 Å². The SMILES string of the molecule is O=C(N1CC[C@](c2ccc(C(F)(C(F)F)C(F)(F)F)cc2)(S(=O)(=O)c2ccc(F)cc2)C1)N1CC[C@](c2ccc(C(F)(C(F)F)C(F)(F)F)cc2)(S(=O)(=O)c2ccc(F)cc2)C1. The van der Waals surface area contributed by atoms with Crippen molar-refractivity contribution in [3.63, 3.8) is 0 Å². The van der Waals surface area contributed by atoms with Gasteiger partial charge in [0, 0.05) is 37.3 Å². The lowest BCUT2D eigenvalue weighted by Gasteiger charge is -2.33. The maximum atomic E-state index is 14.9. The molecule has 0 aliphatic carbocycles. The molecule has 0 saturated carbocycles. The van der Waals surface area contributed by atoms with Crippen molar-refractivity contribution in [1.29, 1.82) is 0 Å². The molecule has 6 rings (SSSR count). The second-order valence-corrected chi connectivity index (χ2v) is 19.2. The Morgan fingerprint density at radius 2 is 0.790 bits per heavy atom. The normalized spacial score (nSPS) is 22.3. The second kappa shape index (κ2) is 15.7. The van der Waals surface area contributed by atoms with Gasteiger partial charge >= 0.3 is 18.4 Å². The minimum atomic E-state index is -6.12. The first-order chi connectivity index (χ1) is 28.6. The highest BCUT2D eigenvalue weighted by atomic mass is 32.2. The Balaban J connectivity index is 1.40. The summed E-state index contributed by atoms with van der Waals surface area (Å²) >= 11 is 0. The first kappa shape index (κ1) is 46.6. The highest BCUT2D eigenvalue weighted by Gasteiger charge is 2.65. The zero-order valence-electron chi connectivity index (χ0n) is 31.2. The largest absolute Gasteiger partial charge is 0.432 e. The molecule has 2 aliphatic rings. The van der Waals surface area contributed by atoms with Crippen molar-refractivity contribution in [3.8, 4) is 0 Å². The first-order valence-electron chi connectivity index (χ1n) is 17.9. The van der Waals surface area contributed by atoms with Crippen LogP contribution in [0.5, 0.6) is 0 Å². The van der Waals surface area contributed by atoms with Gasteiger partial charge < -0.3 is 9.80 Å². The molecule has 2 amide bonds. The van der Waals surface area contributed by atoms with Gasteiger partial charge in [0.1, 0.15) is 21.1 Å². The average Bonchev–Trinajstić information content (AvgIpc) is 3.88. The number of alkyl halides is 12. The van der Waals surface area contributed by atoms with E-state index in [0.29, 0.717) is 48.5 Å². The van der Waals surface area contributed by atoms with Crippen LogP contribution in [0.4, 0.5) is 66.3 Å². The predicted molar refractivity (Wildman–Crippen MR) is 191 cm³/mol. The average molecular weight is 937 g/mol. The van der Waals surface area contributed by atoms with Crippen LogP contribution in [0.1, 0.15) is 35.1 Å². The number of amides is 2. The van der Waals surface area contributed by atoms with Crippen LogP contribution in [0.15, 0.2) is 107 Å². The number of nitrogens with zero attached hydrogens (tertiary/aromatic N) is 2. The fourth-order valence-electron chi connectivity index (χ4n) is 7.85. The van der Waals surface area contributed by atoms with E-state index in [-0.39, 0.29) is 0 Å². The summed E-state index contributed by atoms with van der Waals surface area (Å²) in [6.45, 7) is -2.74. The van der Waals surface area contributed by atoms with Gasteiger partial charge in [-0.3, -0.25) is 0 Å². The third-order valence-corrected chi connectivity index (χ3v) is 16.4. The number of rotatable bonds is 10. The van der Waals surface area contributed by atoms with Gasteiger partial charge in [0.15, 0.2) is 19.7 Å². The summed E-state index contributed by atoms with van der Waals surface area (Å²) in [6.07, 6.45) is -22.6. The van der Waals surface area contributed by atoms with E-state index in [1.807, 2.05) is 0 Å². The monoisotopic (exact) mass is 936 g/mol. The van der Waals surface area contributed by atoms with E-state index >= 15 is 0 Å². The summed E-state index contributed by atoms with van der Waals surface area (Å²) in [4.78, 5) is 14.9. The van der Waals surface area contributed by atoms with E-state index in [1.165, 1.54) is 0 Å². The molecule has 7 nitrogen and oxygen atoms in total. The van der Waals surface area contributed by atoms with Crippen LogP contribution < -0.4 is 0 Å². The van der Waals surface area contributed by atoms with Crippen LogP contribution in [-0.2, 0) is 40.5 Å². The number of urea groups is 1. The molecule has 4 aromatic rings. The zero-order valence-corrected chi connectivity index (χ0v) is 32.8. The van der Waals surface area contributed by atoms with Gasteiger partial charge in [-0.25, -0.2) is 56.8 Å². The maximum absolute atomic E-state index is 14.9. The summed E-state index contributed by atoms with van der Waals surface area (Å²) < 4.78 is 246. The third kappa shape index (κ3) is 7.25. The number of carbonyl (C=O) groups is 1. The molecule has 62 heavy (non-hydrogen) atoms. The number of benzene rings is 4. The molecule has 0 spiro atoms. The quantitative estimate of drug-likeness (QED) is 0.117. The summed E-state index contributed by atoms with van der Waals surface area (Å²) in [6, 6.07) is 9.05. The van der Waals surface area contributed by atoms with E-state index in [0.717, 1.165) is 58.3 Å². The van der Waals surface area contributed by atoms with Gasteiger partial charge in [0.2, 0.25) is 0 Å². The summed E-state index contributed by atoms with van der Waals surface area (Å²) in [7, 11) is -9.70. The van der Waals surface area contributed by atoms with Gasteiger partial charge in [-0.05, 0) is 72.5 Å². The summed E-state index contributed by atoms with van der Waals surface area (Å²) in [5.74, 6) is -1.77.